The number of hydrogen-bond donors (Lipinski definition) is 0. The lowest BCUT2D eigenvalue weighted by atomic mass is 10.5. The van der Waals surface area contributed by atoms with Crippen molar-refractivity contribution in [3.05, 3.63) is 12.8 Å². The van der Waals surface area contributed by atoms with Crippen molar-refractivity contribution in [3.63, 3.8) is 0 Å². The van der Waals surface area contributed by atoms with Gasteiger partial charge in [0.05, 0.1) is 19.5 Å². The molecular weight excluding hydrogens is 120 g/mol. The SMILES string of the molecule is C=COCCCOC=O. The molecule has 52 valence electrons. The van der Waals surface area contributed by atoms with Crippen LogP contribution in [0.1, 0.15) is 6.42 Å². The number of carbonyl (C=O) groups is 1. The van der Waals surface area contributed by atoms with Gasteiger partial charge in [-0.3, -0.25) is 4.79 Å². The van der Waals surface area contributed by atoms with Crippen LogP contribution in [-0.4, -0.2) is 19.7 Å². The quantitative estimate of drug-likeness (QED) is 0.302. The Morgan fingerprint density at radius 1 is 1.33 bits per heavy atom. The fourth-order valence-corrected chi connectivity index (χ4v) is 0.357. The van der Waals surface area contributed by atoms with Gasteiger partial charge in [-0.2, -0.15) is 0 Å². The summed E-state index contributed by atoms with van der Waals surface area (Å²) in [5, 5.41) is 0. The first kappa shape index (κ1) is 8.01. The summed E-state index contributed by atoms with van der Waals surface area (Å²) in [6, 6.07) is 0. The standard InChI is InChI=1S/C6H10O3/c1-2-8-4-3-5-9-6-7/h2,6H,1,3-5H2. The minimum Gasteiger partial charge on any atom is -0.502 e. The van der Waals surface area contributed by atoms with Gasteiger partial charge in [0.1, 0.15) is 0 Å². The lowest BCUT2D eigenvalue weighted by molar-refractivity contribution is -0.128. The van der Waals surface area contributed by atoms with Gasteiger partial charge in [0.25, 0.3) is 6.47 Å². The van der Waals surface area contributed by atoms with Crippen LogP contribution in [0.2, 0.25) is 0 Å². The molecule has 0 rings (SSSR count). The zero-order valence-corrected chi connectivity index (χ0v) is 5.21. The molecular formula is C6H10O3. The van der Waals surface area contributed by atoms with Crippen molar-refractivity contribution in [1.29, 1.82) is 0 Å². The second-order valence-electron chi connectivity index (χ2n) is 1.36. The van der Waals surface area contributed by atoms with Gasteiger partial charge in [0.15, 0.2) is 0 Å². The largest absolute Gasteiger partial charge is 0.502 e. The fraction of sp³-hybridized carbons (Fsp3) is 0.500. The van der Waals surface area contributed by atoms with E-state index in [1.54, 1.807) is 0 Å². The second-order valence-corrected chi connectivity index (χ2v) is 1.36. The third kappa shape index (κ3) is 7.01. The highest BCUT2D eigenvalue weighted by Gasteiger charge is 1.83. The summed E-state index contributed by atoms with van der Waals surface area (Å²) < 4.78 is 9.13. The van der Waals surface area contributed by atoms with Crippen molar-refractivity contribution < 1.29 is 14.3 Å². The van der Waals surface area contributed by atoms with Crippen LogP contribution < -0.4 is 0 Å². The van der Waals surface area contributed by atoms with E-state index in [1.165, 1.54) is 6.26 Å². The van der Waals surface area contributed by atoms with Gasteiger partial charge < -0.3 is 9.47 Å². The highest BCUT2D eigenvalue weighted by atomic mass is 16.5. The average Bonchev–Trinajstić information content (AvgIpc) is 1.89. The molecule has 0 aromatic rings. The molecule has 0 aromatic carbocycles. The summed E-state index contributed by atoms with van der Waals surface area (Å²) in [6.07, 6.45) is 2.08. The highest BCUT2D eigenvalue weighted by molar-refractivity contribution is 5.36. The molecule has 0 fully saturated rings. The van der Waals surface area contributed by atoms with Crippen molar-refractivity contribution in [2.75, 3.05) is 13.2 Å². The molecule has 0 spiro atoms. The third-order valence-corrected chi connectivity index (χ3v) is 0.710. The number of carbonyl (C=O) groups excluding carboxylic acids is 1. The van der Waals surface area contributed by atoms with Crippen LogP contribution in [0.5, 0.6) is 0 Å². The van der Waals surface area contributed by atoms with Crippen LogP contribution in [0.3, 0.4) is 0 Å². The molecule has 0 heterocycles. The van der Waals surface area contributed by atoms with Crippen molar-refractivity contribution in [2.24, 2.45) is 0 Å². The Bertz CT molecular complexity index is 70.4. The number of ether oxygens (including phenoxy) is 2. The maximum absolute atomic E-state index is 9.55. The fourth-order valence-electron chi connectivity index (χ4n) is 0.357. The Labute approximate surface area is 54.3 Å². The first-order valence-electron chi connectivity index (χ1n) is 2.69. The zero-order chi connectivity index (χ0) is 6.95. The van der Waals surface area contributed by atoms with Crippen LogP contribution in [0.25, 0.3) is 0 Å². The van der Waals surface area contributed by atoms with Gasteiger partial charge in [-0.25, -0.2) is 0 Å². The van der Waals surface area contributed by atoms with E-state index in [0.717, 1.165) is 0 Å². The first-order valence-corrected chi connectivity index (χ1v) is 2.69. The lowest BCUT2D eigenvalue weighted by Crippen LogP contribution is -1.95. The predicted molar refractivity (Wildman–Crippen MR) is 32.8 cm³/mol. The Balaban J connectivity index is 2.74. The van der Waals surface area contributed by atoms with Crippen molar-refractivity contribution in [1.82, 2.24) is 0 Å². The molecule has 0 aliphatic rings. The van der Waals surface area contributed by atoms with Crippen LogP contribution >= 0.6 is 0 Å². The molecule has 0 bridgehead atoms. The van der Waals surface area contributed by atoms with E-state index >= 15 is 0 Å². The number of rotatable bonds is 6. The van der Waals surface area contributed by atoms with Crippen molar-refractivity contribution in [2.45, 2.75) is 6.42 Å². The van der Waals surface area contributed by atoms with Gasteiger partial charge in [0.2, 0.25) is 0 Å². The normalized spacial score (nSPS) is 8.00. The molecule has 9 heavy (non-hydrogen) atoms. The smallest absolute Gasteiger partial charge is 0.293 e. The molecule has 0 aromatic heterocycles. The molecule has 0 amide bonds. The molecule has 0 unspecified atom stereocenters. The Hall–Kier alpha value is -0.990. The lowest BCUT2D eigenvalue weighted by Gasteiger charge is -1.97. The van der Waals surface area contributed by atoms with E-state index in [-0.39, 0.29) is 0 Å². The molecule has 3 heteroatoms. The predicted octanol–water partition coefficient (Wildman–Crippen LogP) is 0.710. The Morgan fingerprint density at radius 3 is 2.56 bits per heavy atom. The molecule has 0 atom stereocenters. The van der Waals surface area contributed by atoms with E-state index in [1.807, 2.05) is 0 Å². The van der Waals surface area contributed by atoms with E-state index in [4.69, 9.17) is 4.74 Å². The van der Waals surface area contributed by atoms with E-state index < -0.39 is 0 Å². The Morgan fingerprint density at radius 2 is 2.00 bits per heavy atom. The van der Waals surface area contributed by atoms with Crippen molar-refractivity contribution >= 4 is 6.47 Å². The van der Waals surface area contributed by atoms with Crippen LogP contribution in [0.4, 0.5) is 0 Å². The summed E-state index contributed by atoms with van der Waals surface area (Å²) in [5.41, 5.74) is 0. The van der Waals surface area contributed by atoms with Gasteiger partial charge in [-0.1, -0.05) is 6.58 Å². The van der Waals surface area contributed by atoms with E-state index in [9.17, 15) is 4.79 Å². The molecule has 0 radical (unpaired) electrons. The van der Waals surface area contributed by atoms with Gasteiger partial charge in [-0.05, 0) is 0 Å². The average molecular weight is 130 g/mol. The second kappa shape index (κ2) is 7.01. The maximum Gasteiger partial charge on any atom is 0.293 e. The van der Waals surface area contributed by atoms with Crippen LogP contribution in [0.15, 0.2) is 12.8 Å². The first-order chi connectivity index (χ1) is 4.41. The van der Waals surface area contributed by atoms with Gasteiger partial charge in [0, 0.05) is 6.42 Å². The molecule has 0 N–H and O–H groups in total. The minimum absolute atomic E-state index is 0.414. The summed E-state index contributed by atoms with van der Waals surface area (Å²) in [7, 11) is 0. The van der Waals surface area contributed by atoms with Gasteiger partial charge >= 0.3 is 0 Å². The van der Waals surface area contributed by atoms with Gasteiger partial charge in [-0.15, -0.1) is 0 Å². The highest BCUT2D eigenvalue weighted by Crippen LogP contribution is 1.82. The van der Waals surface area contributed by atoms with Crippen LogP contribution in [-0.2, 0) is 14.3 Å². The molecule has 0 saturated carbocycles. The molecule has 0 aliphatic heterocycles. The molecule has 3 nitrogen and oxygen atoms in total. The van der Waals surface area contributed by atoms with Crippen LogP contribution in [0, 0.1) is 0 Å². The zero-order valence-electron chi connectivity index (χ0n) is 5.21. The summed E-state index contributed by atoms with van der Waals surface area (Å²) in [6.45, 7) is 4.74. The molecule has 0 saturated heterocycles. The molecule has 0 aliphatic carbocycles. The Kier molecular flexibility index (Phi) is 6.24. The minimum atomic E-state index is 0.414. The third-order valence-electron chi connectivity index (χ3n) is 0.710. The topological polar surface area (TPSA) is 35.5 Å². The number of hydrogen-bond acceptors (Lipinski definition) is 3. The summed E-state index contributed by atoms with van der Waals surface area (Å²) >= 11 is 0. The monoisotopic (exact) mass is 130 g/mol. The van der Waals surface area contributed by atoms with Crippen molar-refractivity contribution in [3.8, 4) is 0 Å². The maximum atomic E-state index is 9.55. The van der Waals surface area contributed by atoms with E-state index in [0.29, 0.717) is 26.1 Å². The summed E-state index contributed by atoms with van der Waals surface area (Å²) in [4.78, 5) is 9.55. The van der Waals surface area contributed by atoms with E-state index in [2.05, 4.69) is 11.3 Å². The summed E-state index contributed by atoms with van der Waals surface area (Å²) in [5.74, 6) is 0.